The number of nitrogens with zero attached hydrogens (tertiary/aromatic N) is 1. The van der Waals surface area contributed by atoms with Crippen LogP contribution < -0.4 is 5.32 Å². The monoisotopic (exact) mass is 292 g/mol. The maximum Gasteiger partial charge on any atom is 0.275 e. The van der Waals surface area contributed by atoms with Crippen molar-refractivity contribution in [1.82, 2.24) is 4.98 Å². The third-order valence-corrected chi connectivity index (χ3v) is 3.49. The Hall–Kier alpha value is -1.76. The highest BCUT2D eigenvalue weighted by atomic mass is 32.1. The fourth-order valence-corrected chi connectivity index (χ4v) is 2.43. The number of anilines is 1. The number of nitrogens with one attached hydrogen (secondary N) is 1. The summed E-state index contributed by atoms with van der Waals surface area (Å²) < 4.78 is 4.97. The van der Waals surface area contributed by atoms with Gasteiger partial charge in [0.05, 0.1) is 6.61 Å². The van der Waals surface area contributed by atoms with Gasteiger partial charge in [0.25, 0.3) is 5.91 Å². The Morgan fingerprint density at radius 2 is 2.15 bits per heavy atom. The minimum atomic E-state index is -0.237. The number of aliphatic hydroxyl groups is 1. The van der Waals surface area contributed by atoms with E-state index in [0.29, 0.717) is 24.4 Å². The number of ether oxygens (including phenoxy) is 1. The highest BCUT2D eigenvalue weighted by molar-refractivity contribution is 7.09. The second-order valence-corrected chi connectivity index (χ2v) is 5.13. The van der Waals surface area contributed by atoms with Crippen molar-refractivity contribution in [3.63, 3.8) is 0 Å². The topological polar surface area (TPSA) is 71.5 Å². The van der Waals surface area contributed by atoms with Gasteiger partial charge in [-0.05, 0) is 24.1 Å². The van der Waals surface area contributed by atoms with Crippen molar-refractivity contribution in [1.29, 1.82) is 0 Å². The summed E-state index contributed by atoms with van der Waals surface area (Å²) in [4.78, 5) is 16.2. The van der Waals surface area contributed by atoms with Gasteiger partial charge in [0.1, 0.15) is 10.7 Å². The second-order valence-electron chi connectivity index (χ2n) is 4.18. The molecule has 0 aliphatic carbocycles. The Kier molecular flexibility index (Phi) is 5.23. The number of aliphatic hydroxyl groups excluding tert-OH is 1. The van der Waals surface area contributed by atoms with E-state index in [9.17, 15) is 4.79 Å². The number of methoxy groups -OCH3 is 1. The molecule has 0 saturated carbocycles. The van der Waals surface area contributed by atoms with Crippen LogP contribution in [0.2, 0.25) is 0 Å². The quantitative estimate of drug-likeness (QED) is 0.855. The minimum absolute atomic E-state index is 0.118. The van der Waals surface area contributed by atoms with Gasteiger partial charge in [-0.2, -0.15) is 0 Å². The van der Waals surface area contributed by atoms with Crippen LogP contribution in [-0.4, -0.2) is 29.7 Å². The molecule has 106 valence electrons. The van der Waals surface area contributed by atoms with Gasteiger partial charge < -0.3 is 15.2 Å². The summed E-state index contributed by atoms with van der Waals surface area (Å²) in [6, 6.07) is 7.38. The number of carbonyl (C=O) groups is 1. The van der Waals surface area contributed by atoms with E-state index in [2.05, 4.69) is 10.3 Å². The van der Waals surface area contributed by atoms with Gasteiger partial charge in [-0.25, -0.2) is 4.98 Å². The van der Waals surface area contributed by atoms with Gasteiger partial charge in [0.2, 0.25) is 0 Å². The molecule has 20 heavy (non-hydrogen) atoms. The first kappa shape index (κ1) is 14.6. The zero-order chi connectivity index (χ0) is 14.4. The van der Waals surface area contributed by atoms with Crippen molar-refractivity contribution >= 4 is 22.9 Å². The maximum atomic E-state index is 12.0. The van der Waals surface area contributed by atoms with Crippen LogP contribution in [0.3, 0.4) is 0 Å². The Bertz CT molecular complexity index is 566. The Morgan fingerprint density at radius 1 is 1.40 bits per heavy atom. The first-order valence-electron chi connectivity index (χ1n) is 6.17. The van der Waals surface area contributed by atoms with Crippen LogP contribution >= 0.6 is 11.3 Å². The van der Waals surface area contributed by atoms with Gasteiger partial charge >= 0.3 is 0 Å². The Morgan fingerprint density at radius 3 is 2.80 bits per heavy atom. The molecular weight excluding hydrogens is 276 g/mol. The molecule has 1 heterocycles. The molecule has 5 nitrogen and oxygen atoms in total. The van der Waals surface area contributed by atoms with Crippen LogP contribution in [-0.2, 0) is 17.8 Å². The predicted molar refractivity (Wildman–Crippen MR) is 78.0 cm³/mol. The molecule has 2 rings (SSSR count). The largest absolute Gasteiger partial charge is 0.396 e. The van der Waals surface area contributed by atoms with Crippen LogP contribution in [0.5, 0.6) is 0 Å². The van der Waals surface area contributed by atoms with E-state index in [1.807, 2.05) is 24.3 Å². The zero-order valence-electron chi connectivity index (χ0n) is 11.1. The first-order valence-corrected chi connectivity index (χ1v) is 7.05. The number of amides is 1. The van der Waals surface area contributed by atoms with Crippen LogP contribution in [0.4, 0.5) is 5.69 Å². The van der Waals surface area contributed by atoms with Crippen molar-refractivity contribution in [2.75, 3.05) is 19.0 Å². The van der Waals surface area contributed by atoms with Crippen molar-refractivity contribution in [3.8, 4) is 0 Å². The second kappa shape index (κ2) is 7.14. The van der Waals surface area contributed by atoms with E-state index >= 15 is 0 Å². The lowest BCUT2D eigenvalue weighted by atomic mass is 10.1. The summed E-state index contributed by atoms with van der Waals surface area (Å²) in [5.74, 6) is -0.237. The molecule has 1 amide bonds. The number of rotatable bonds is 6. The van der Waals surface area contributed by atoms with E-state index in [1.165, 1.54) is 11.3 Å². The lowest BCUT2D eigenvalue weighted by Gasteiger charge is -2.04. The standard InChI is InChI=1S/C14H16N2O3S/c1-19-8-13-16-12(9-20-13)14(18)15-11-4-2-10(3-5-11)6-7-17/h2-5,9,17H,6-8H2,1H3,(H,15,18). The van der Waals surface area contributed by atoms with E-state index in [-0.39, 0.29) is 12.5 Å². The van der Waals surface area contributed by atoms with Gasteiger partial charge in [0, 0.05) is 24.8 Å². The number of aromatic nitrogens is 1. The normalized spacial score (nSPS) is 10.5. The van der Waals surface area contributed by atoms with Gasteiger partial charge in [-0.3, -0.25) is 4.79 Å². The molecule has 6 heteroatoms. The van der Waals surface area contributed by atoms with E-state index in [0.717, 1.165) is 10.6 Å². The SMILES string of the molecule is COCc1nc(C(=O)Nc2ccc(CCO)cc2)cs1. The molecule has 0 bridgehead atoms. The third-order valence-electron chi connectivity index (χ3n) is 2.66. The smallest absolute Gasteiger partial charge is 0.275 e. The van der Waals surface area contributed by atoms with Crippen molar-refractivity contribution in [2.24, 2.45) is 0 Å². The van der Waals surface area contributed by atoms with Crippen molar-refractivity contribution in [3.05, 3.63) is 45.9 Å². The average molecular weight is 292 g/mol. The molecule has 0 spiro atoms. The summed E-state index contributed by atoms with van der Waals surface area (Å²) in [5, 5.41) is 14.1. The summed E-state index contributed by atoms with van der Waals surface area (Å²) >= 11 is 1.40. The maximum absolute atomic E-state index is 12.0. The predicted octanol–water partition coefficient (Wildman–Crippen LogP) is 2.08. The zero-order valence-corrected chi connectivity index (χ0v) is 11.9. The number of hydrogen-bond acceptors (Lipinski definition) is 5. The van der Waals surface area contributed by atoms with Crippen molar-refractivity contribution < 1.29 is 14.6 Å². The van der Waals surface area contributed by atoms with Crippen molar-refractivity contribution in [2.45, 2.75) is 13.0 Å². The molecule has 0 aliphatic rings. The summed E-state index contributed by atoms with van der Waals surface area (Å²) in [6.07, 6.45) is 0.612. The molecule has 1 aromatic carbocycles. The number of benzene rings is 1. The van der Waals surface area contributed by atoms with Crippen LogP contribution in [0.15, 0.2) is 29.6 Å². The minimum Gasteiger partial charge on any atom is -0.396 e. The Labute approximate surface area is 121 Å². The van der Waals surface area contributed by atoms with E-state index < -0.39 is 0 Å². The van der Waals surface area contributed by atoms with Gasteiger partial charge in [0.15, 0.2) is 0 Å². The Balaban J connectivity index is 1.99. The van der Waals surface area contributed by atoms with Gasteiger partial charge in [-0.15, -0.1) is 11.3 Å². The number of carbonyl (C=O) groups excluding carboxylic acids is 1. The number of thiazole rings is 1. The molecule has 0 radical (unpaired) electrons. The molecular formula is C14H16N2O3S. The average Bonchev–Trinajstić information content (AvgIpc) is 2.90. The summed E-state index contributed by atoms with van der Waals surface area (Å²) in [7, 11) is 1.59. The molecule has 1 aromatic heterocycles. The fraction of sp³-hybridized carbons (Fsp3) is 0.286. The number of hydrogen-bond donors (Lipinski definition) is 2. The lowest BCUT2D eigenvalue weighted by Crippen LogP contribution is -2.12. The van der Waals surface area contributed by atoms with Crippen LogP contribution in [0, 0.1) is 0 Å². The summed E-state index contributed by atoms with van der Waals surface area (Å²) in [5.41, 5.74) is 2.13. The van der Waals surface area contributed by atoms with Crippen LogP contribution in [0.1, 0.15) is 21.1 Å². The molecule has 0 atom stereocenters. The molecule has 2 N–H and O–H groups in total. The molecule has 0 saturated heterocycles. The summed E-state index contributed by atoms with van der Waals surface area (Å²) in [6.45, 7) is 0.528. The van der Waals surface area contributed by atoms with Crippen LogP contribution in [0.25, 0.3) is 0 Å². The van der Waals surface area contributed by atoms with Gasteiger partial charge in [-0.1, -0.05) is 12.1 Å². The van der Waals surface area contributed by atoms with E-state index in [1.54, 1.807) is 12.5 Å². The third kappa shape index (κ3) is 3.86. The van der Waals surface area contributed by atoms with E-state index in [4.69, 9.17) is 9.84 Å². The first-order chi connectivity index (χ1) is 9.72. The lowest BCUT2D eigenvalue weighted by molar-refractivity contribution is 0.102. The highest BCUT2D eigenvalue weighted by Gasteiger charge is 2.10. The fourth-order valence-electron chi connectivity index (χ4n) is 1.68. The molecule has 2 aromatic rings. The molecule has 0 unspecified atom stereocenters. The highest BCUT2D eigenvalue weighted by Crippen LogP contribution is 2.14. The molecule has 0 aliphatic heterocycles. The molecule has 0 fully saturated rings.